The Morgan fingerprint density at radius 3 is 2.88 bits per heavy atom. The summed E-state index contributed by atoms with van der Waals surface area (Å²) in [4.78, 5) is 29.3. The smallest absolute Gasteiger partial charge is 0.308 e. The zero-order valence-electron chi connectivity index (χ0n) is 20.2. The van der Waals surface area contributed by atoms with Crippen molar-refractivity contribution in [3.05, 3.63) is 40.4 Å². The van der Waals surface area contributed by atoms with Crippen molar-refractivity contribution in [2.75, 3.05) is 5.32 Å². The molecule has 0 bridgehead atoms. The molecule has 3 aliphatic carbocycles. The van der Waals surface area contributed by atoms with E-state index in [1.54, 1.807) is 6.20 Å². The van der Waals surface area contributed by atoms with E-state index in [0.29, 0.717) is 41.0 Å². The van der Waals surface area contributed by atoms with Crippen LogP contribution in [-0.4, -0.2) is 28.1 Å². The number of amides is 1. The van der Waals surface area contributed by atoms with Gasteiger partial charge in [-0.2, -0.15) is 0 Å². The zero-order valence-corrected chi connectivity index (χ0v) is 21.0. The van der Waals surface area contributed by atoms with Crippen LogP contribution >= 0.6 is 11.3 Å². The Bertz CT molecular complexity index is 1100. The topological polar surface area (TPSA) is 88.5 Å². The lowest BCUT2D eigenvalue weighted by molar-refractivity contribution is -0.131. The van der Waals surface area contributed by atoms with Gasteiger partial charge in [0.15, 0.2) is 5.13 Å². The highest BCUT2D eigenvalue weighted by Crippen LogP contribution is 2.63. The number of fused-ring (bicyclic) bond motifs is 5. The van der Waals surface area contributed by atoms with Gasteiger partial charge in [-0.25, -0.2) is 4.98 Å². The molecule has 1 heterocycles. The van der Waals surface area contributed by atoms with Gasteiger partial charge < -0.3 is 15.2 Å². The maximum atomic E-state index is 12.6. The minimum absolute atomic E-state index is 0.0109. The molecule has 0 saturated heterocycles. The highest BCUT2D eigenvalue weighted by molar-refractivity contribution is 7.15. The minimum Gasteiger partial charge on any atom is -0.427 e. The van der Waals surface area contributed by atoms with Crippen LogP contribution in [0.4, 0.5) is 5.13 Å². The monoisotopic (exact) mass is 482 g/mol. The van der Waals surface area contributed by atoms with Gasteiger partial charge in [-0.3, -0.25) is 9.59 Å². The number of thiazole rings is 1. The van der Waals surface area contributed by atoms with Gasteiger partial charge in [0.05, 0.1) is 6.10 Å². The van der Waals surface area contributed by atoms with Crippen LogP contribution in [0.2, 0.25) is 0 Å². The SMILES string of the molecule is CC(=O)Oc1ccc2c(c1)CCC1C2CC[C@]2(C)C(O)C[C@@H](CCC(=O)Nc3ncc(C)s3)C12. The van der Waals surface area contributed by atoms with Gasteiger partial charge in [0.2, 0.25) is 5.91 Å². The van der Waals surface area contributed by atoms with Crippen molar-refractivity contribution in [1.29, 1.82) is 0 Å². The normalized spacial score (nSPS) is 31.8. The molecular weight excluding hydrogens is 448 g/mol. The lowest BCUT2D eigenvalue weighted by atomic mass is 9.53. The van der Waals surface area contributed by atoms with Crippen molar-refractivity contribution < 1.29 is 19.4 Å². The molecule has 1 aromatic carbocycles. The lowest BCUT2D eigenvalue weighted by Gasteiger charge is -2.51. The number of carbonyl (C=O) groups is 2. The number of aromatic nitrogens is 1. The molecule has 0 aliphatic heterocycles. The second-order valence-electron chi connectivity index (χ2n) is 10.7. The number of benzene rings is 1. The summed E-state index contributed by atoms with van der Waals surface area (Å²) in [6.45, 7) is 5.69. The molecular formula is C27H34N2O4S. The standard InChI is InChI=1S/C27H34N2O4S/c1-15-14-28-26(34-15)29-24(32)9-5-18-13-23(31)27(3)11-10-21-20-8-6-19(33-16(2)30)12-17(20)4-7-22(21)25(18)27/h6,8,12,14,18,21-23,25,31H,4-5,7,9-11,13H2,1-3H3,(H,28,29,32)/t18-,21?,22?,23?,25?,27-/m1/s1. The molecule has 2 aromatic rings. The lowest BCUT2D eigenvalue weighted by Crippen LogP contribution is -2.45. The van der Waals surface area contributed by atoms with Crippen LogP contribution in [-0.2, 0) is 16.0 Å². The first kappa shape index (κ1) is 23.5. The highest BCUT2D eigenvalue weighted by atomic mass is 32.1. The molecule has 6 nitrogen and oxygen atoms in total. The molecule has 34 heavy (non-hydrogen) atoms. The summed E-state index contributed by atoms with van der Waals surface area (Å²) in [5.74, 6) is 2.08. The Morgan fingerprint density at radius 1 is 1.32 bits per heavy atom. The Balaban J connectivity index is 1.32. The van der Waals surface area contributed by atoms with E-state index < -0.39 is 0 Å². The van der Waals surface area contributed by atoms with Crippen LogP contribution in [0, 0.1) is 30.1 Å². The van der Waals surface area contributed by atoms with E-state index in [9.17, 15) is 14.7 Å². The van der Waals surface area contributed by atoms with E-state index in [0.717, 1.165) is 43.4 Å². The van der Waals surface area contributed by atoms with E-state index in [1.807, 2.05) is 19.1 Å². The number of nitrogens with zero attached hydrogens (tertiary/aromatic N) is 1. The van der Waals surface area contributed by atoms with E-state index in [1.165, 1.54) is 29.4 Å². The quantitative estimate of drug-likeness (QED) is 0.449. The maximum absolute atomic E-state index is 12.6. The average molecular weight is 483 g/mol. The van der Waals surface area contributed by atoms with Gasteiger partial charge in [0.1, 0.15) is 5.75 Å². The van der Waals surface area contributed by atoms with Crippen molar-refractivity contribution in [2.45, 2.75) is 77.7 Å². The Kier molecular flexibility index (Phi) is 6.27. The molecule has 3 aliphatic rings. The molecule has 7 heteroatoms. The maximum Gasteiger partial charge on any atom is 0.308 e. The third kappa shape index (κ3) is 4.29. The van der Waals surface area contributed by atoms with Crippen LogP contribution in [0.3, 0.4) is 0 Å². The molecule has 2 N–H and O–H groups in total. The molecule has 6 atom stereocenters. The Labute approximate surface area is 205 Å². The summed E-state index contributed by atoms with van der Waals surface area (Å²) >= 11 is 1.49. The molecule has 2 saturated carbocycles. The predicted molar refractivity (Wildman–Crippen MR) is 132 cm³/mol. The molecule has 182 valence electrons. The predicted octanol–water partition coefficient (Wildman–Crippen LogP) is 5.24. The van der Waals surface area contributed by atoms with Crippen LogP contribution in [0.1, 0.15) is 74.3 Å². The van der Waals surface area contributed by atoms with E-state index in [-0.39, 0.29) is 23.4 Å². The number of rotatable bonds is 5. The number of nitrogens with one attached hydrogen (secondary N) is 1. The average Bonchev–Trinajstić information content (AvgIpc) is 3.31. The number of esters is 1. The van der Waals surface area contributed by atoms with Crippen LogP contribution in [0.15, 0.2) is 24.4 Å². The van der Waals surface area contributed by atoms with Gasteiger partial charge in [-0.15, -0.1) is 11.3 Å². The summed E-state index contributed by atoms with van der Waals surface area (Å²) in [5, 5.41) is 14.7. The number of carbonyl (C=O) groups excluding carboxylic acids is 2. The molecule has 0 spiro atoms. The number of hydrogen-bond donors (Lipinski definition) is 2. The number of aliphatic hydroxyl groups excluding tert-OH is 1. The van der Waals surface area contributed by atoms with Gasteiger partial charge in [-0.05, 0) is 97.8 Å². The Hall–Kier alpha value is -2.25. The summed E-state index contributed by atoms with van der Waals surface area (Å²) < 4.78 is 5.32. The number of ether oxygens (including phenoxy) is 1. The van der Waals surface area contributed by atoms with Crippen molar-refractivity contribution >= 4 is 28.3 Å². The second-order valence-corrected chi connectivity index (χ2v) is 11.9. The minimum atomic E-state index is -0.305. The molecule has 5 rings (SSSR count). The third-order valence-corrected chi connectivity index (χ3v) is 9.49. The fraction of sp³-hybridized carbons (Fsp3) is 0.593. The van der Waals surface area contributed by atoms with E-state index in [2.05, 4.69) is 23.3 Å². The van der Waals surface area contributed by atoms with Gasteiger partial charge in [0.25, 0.3) is 0 Å². The van der Waals surface area contributed by atoms with E-state index >= 15 is 0 Å². The first-order valence-corrected chi connectivity index (χ1v) is 13.3. The largest absolute Gasteiger partial charge is 0.427 e. The summed E-state index contributed by atoms with van der Waals surface area (Å²) in [6.07, 6.45) is 7.64. The van der Waals surface area contributed by atoms with E-state index in [4.69, 9.17) is 4.74 Å². The molecule has 1 amide bonds. The number of aliphatic hydroxyl groups is 1. The summed E-state index contributed by atoms with van der Waals surface area (Å²) in [5.41, 5.74) is 2.59. The van der Waals surface area contributed by atoms with Gasteiger partial charge in [-0.1, -0.05) is 13.0 Å². The molecule has 0 radical (unpaired) electrons. The molecule has 2 fully saturated rings. The fourth-order valence-corrected chi connectivity index (χ4v) is 7.93. The van der Waals surface area contributed by atoms with Crippen molar-refractivity contribution in [3.63, 3.8) is 0 Å². The van der Waals surface area contributed by atoms with Crippen LogP contribution in [0.5, 0.6) is 5.75 Å². The first-order chi connectivity index (χ1) is 16.2. The van der Waals surface area contributed by atoms with Crippen molar-refractivity contribution in [1.82, 2.24) is 4.98 Å². The summed E-state index contributed by atoms with van der Waals surface area (Å²) in [6, 6.07) is 6.10. The third-order valence-electron chi connectivity index (χ3n) is 8.66. The zero-order chi connectivity index (χ0) is 24.0. The molecule has 1 aromatic heterocycles. The number of hydrogen-bond acceptors (Lipinski definition) is 6. The highest BCUT2D eigenvalue weighted by Gasteiger charge is 2.58. The fourth-order valence-electron chi connectivity index (χ4n) is 7.25. The second kappa shape index (κ2) is 9.08. The van der Waals surface area contributed by atoms with Crippen molar-refractivity contribution in [3.8, 4) is 5.75 Å². The Morgan fingerprint density at radius 2 is 2.15 bits per heavy atom. The molecule has 4 unspecified atom stereocenters. The van der Waals surface area contributed by atoms with Crippen LogP contribution in [0.25, 0.3) is 0 Å². The summed E-state index contributed by atoms with van der Waals surface area (Å²) in [7, 11) is 0. The van der Waals surface area contributed by atoms with Gasteiger partial charge >= 0.3 is 5.97 Å². The number of anilines is 1. The van der Waals surface area contributed by atoms with Crippen LogP contribution < -0.4 is 10.1 Å². The number of aryl methyl sites for hydroxylation is 2. The van der Waals surface area contributed by atoms with Gasteiger partial charge in [0, 0.05) is 24.4 Å². The van der Waals surface area contributed by atoms with Crippen molar-refractivity contribution in [2.24, 2.45) is 23.2 Å². The first-order valence-electron chi connectivity index (χ1n) is 12.5.